The number of carbonyl (C=O) groups excluding carboxylic acids is 1. The molecule has 0 fully saturated rings. The van der Waals surface area contributed by atoms with Crippen LogP contribution in [-0.2, 0) is 4.79 Å². The Hall–Kier alpha value is -2.77. The number of benzene rings is 2. The van der Waals surface area contributed by atoms with E-state index in [9.17, 15) is 4.79 Å². The topological polar surface area (TPSA) is 83.8 Å². The summed E-state index contributed by atoms with van der Waals surface area (Å²) in [5.41, 5.74) is 2.79. The Kier molecular flexibility index (Phi) is 5.36. The lowest BCUT2D eigenvalue weighted by Crippen LogP contribution is -2.28. The Morgan fingerprint density at radius 1 is 1.25 bits per heavy atom. The minimum Gasteiger partial charge on any atom is -0.411 e. The van der Waals surface area contributed by atoms with Gasteiger partial charge in [-0.1, -0.05) is 53.7 Å². The molecule has 0 aliphatic heterocycles. The van der Waals surface area contributed by atoms with Crippen LogP contribution in [0.5, 0.6) is 0 Å². The molecule has 0 saturated heterocycles. The van der Waals surface area contributed by atoms with Crippen molar-refractivity contribution in [3.05, 3.63) is 65.3 Å². The molecule has 0 radical (unpaired) electrons. The van der Waals surface area contributed by atoms with Crippen LogP contribution in [0.3, 0.4) is 0 Å². The molecule has 2 aromatic carbocycles. The zero-order valence-corrected chi connectivity index (χ0v) is 16.6. The van der Waals surface area contributed by atoms with Crippen molar-refractivity contribution in [2.24, 2.45) is 0 Å². The molecule has 142 valence electrons. The predicted molar refractivity (Wildman–Crippen MR) is 110 cm³/mol. The Balaban J connectivity index is 1.37. The van der Waals surface area contributed by atoms with E-state index in [0.29, 0.717) is 16.1 Å². The maximum atomic E-state index is 12.2. The third-order valence-corrected chi connectivity index (χ3v) is 5.33. The number of H-pyrrole nitrogens is 1. The smallest absolute Gasteiger partial charge is 0.277 e. The number of thioether (sulfide) groups is 1. The number of aromatic nitrogens is 3. The summed E-state index contributed by atoms with van der Waals surface area (Å²) in [7, 11) is 0. The quantitative estimate of drug-likeness (QED) is 0.442. The van der Waals surface area contributed by atoms with Crippen LogP contribution >= 0.6 is 23.4 Å². The largest absolute Gasteiger partial charge is 0.411 e. The Morgan fingerprint density at radius 3 is 2.96 bits per heavy atom. The monoisotopic (exact) mass is 412 g/mol. The number of nitrogens with one attached hydrogen (secondary N) is 2. The van der Waals surface area contributed by atoms with Crippen LogP contribution in [0.15, 0.2) is 64.4 Å². The van der Waals surface area contributed by atoms with Crippen molar-refractivity contribution >= 4 is 40.2 Å². The first-order valence-corrected chi connectivity index (χ1v) is 10.0. The lowest BCUT2D eigenvalue weighted by atomic mass is 10.1. The first-order valence-electron chi connectivity index (χ1n) is 8.68. The highest BCUT2D eigenvalue weighted by Crippen LogP contribution is 2.29. The molecule has 4 aromatic rings. The normalized spacial score (nSPS) is 12.2. The highest BCUT2D eigenvalue weighted by molar-refractivity contribution is 7.99. The second kappa shape index (κ2) is 8.08. The molecule has 2 N–H and O–H groups in total. The molecular weight excluding hydrogens is 396 g/mol. The lowest BCUT2D eigenvalue weighted by Gasteiger charge is -2.14. The first-order chi connectivity index (χ1) is 13.6. The molecular formula is C20H17ClN4O2S. The second-order valence-electron chi connectivity index (χ2n) is 6.25. The van der Waals surface area contributed by atoms with Crippen molar-refractivity contribution < 1.29 is 9.21 Å². The van der Waals surface area contributed by atoms with Gasteiger partial charge < -0.3 is 14.7 Å². The van der Waals surface area contributed by atoms with Crippen molar-refractivity contribution in [1.29, 1.82) is 0 Å². The van der Waals surface area contributed by atoms with Crippen molar-refractivity contribution in [1.82, 2.24) is 20.5 Å². The number of para-hydroxylation sites is 1. The predicted octanol–water partition coefficient (Wildman–Crippen LogP) is 4.84. The van der Waals surface area contributed by atoms with Crippen molar-refractivity contribution in [2.75, 3.05) is 5.75 Å². The van der Waals surface area contributed by atoms with Crippen molar-refractivity contribution in [3.63, 3.8) is 0 Å². The molecule has 0 bridgehead atoms. The molecule has 4 rings (SSSR count). The van der Waals surface area contributed by atoms with Gasteiger partial charge in [0.05, 0.1) is 17.4 Å². The minimum atomic E-state index is -0.142. The van der Waals surface area contributed by atoms with E-state index < -0.39 is 0 Å². The van der Waals surface area contributed by atoms with E-state index >= 15 is 0 Å². The third kappa shape index (κ3) is 4.05. The Labute approximate surface area is 170 Å². The molecule has 1 atom stereocenters. The molecule has 0 aliphatic carbocycles. The van der Waals surface area contributed by atoms with E-state index in [4.69, 9.17) is 16.0 Å². The van der Waals surface area contributed by atoms with Crippen LogP contribution in [0.25, 0.3) is 22.4 Å². The summed E-state index contributed by atoms with van der Waals surface area (Å²) in [4.78, 5) is 15.4. The Morgan fingerprint density at radius 2 is 2.11 bits per heavy atom. The molecule has 0 spiro atoms. The number of nitrogens with zero attached hydrogens (tertiary/aromatic N) is 2. The van der Waals surface area contributed by atoms with E-state index in [1.165, 1.54) is 11.8 Å². The number of halogens is 1. The summed E-state index contributed by atoms with van der Waals surface area (Å²) in [5, 5.41) is 13.1. The Bertz CT molecular complexity index is 1120. The van der Waals surface area contributed by atoms with Crippen LogP contribution in [0.2, 0.25) is 5.02 Å². The number of hydrogen-bond acceptors (Lipinski definition) is 5. The van der Waals surface area contributed by atoms with E-state index in [1.54, 1.807) is 6.07 Å². The van der Waals surface area contributed by atoms with Crippen LogP contribution in [0.4, 0.5) is 0 Å². The number of carbonyl (C=O) groups is 1. The van der Waals surface area contributed by atoms with Gasteiger partial charge in [0.25, 0.3) is 11.1 Å². The average Bonchev–Trinajstić information content (AvgIpc) is 3.33. The van der Waals surface area contributed by atoms with Gasteiger partial charge in [-0.3, -0.25) is 4.79 Å². The van der Waals surface area contributed by atoms with E-state index in [1.807, 2.05) is 55.6 Å². The molecule has 28 heavy (non-hydrogen) atoms. The van der Waals surface area contributed by atoms with Crippen LogP contribution < -0.4 is 5.32 Å². The van der Waals surface area contributed by atoms with Gasteiger partial charge in [0.15, 0.2) is 0 Å². The van der Waals surface area contributed by atoms with Gasteiger partial charge in [-0.25, -0.2) is 0 Å². The maximum absolute atomic E-state index is 12.2. The fourth-order valence-corrected chi connectivity index (χ4v) is 3.67. The van der Waals surface area contributed by atoms with Gasteiger partial charge in [-0.15, -0.1) is 10.2 Å². The molecule has 1 amide bonds. The fourth-order valence-electron chi connectivity index (χ4n) is 2.90. The van der Waals surface area contributed by atoms with Crippen LogP contribution in [0, 0.1) is 0 Å². The zero-order valence-electron chi connectivity index (χ0n) is 15.0. The van der Waals surface area contributed by atoms with Gasteiger partial charge in [-0.2, -0.15) is 0 Å². The maximum Gasteiger partial charge on any atom is 0.277 e. The van der Waals surface area contributed by atoms with E-state index in [2.05, 4.69) is 20.5 Å². The van der Waals surface area contributed by atoms with Gasteiger partial charge in [-0.05, 0) is 30.7 Å². The summed E-state index contributed by atoms with van der Waals surface area (Å²) >= 11 is 7.20. The minimum absolute atomic E-state index is 0.121. The van der Waals surface area contributed by atoms with Gasteiger partial charge in [0.2, 0.25) is 5.91 Å². The standard InChI is InChI=1S/C20H17ClN4O2S/c1-12(13-5-4-6-14(21)9-13)23-18(26)11-28-20-25-24-19(27-20)16-10-22-17-8-3-2-7-15(16)17/h2-10,12,22H,11H2,1H3,(H,23,26). The molecule has 6 nitrogen and oxygen atoms in total. The number of fused-ring (bicyclic) bond motifs is 1. The second-order valence-corrected chi connectivity index (χ2v) is 7.62. The summed E-state index contributed by atoms with van der Waals surface area (Å²) in [5.74, 6) is 0.484. The number of aromatic amines is 1. The van der Waals surface area contributed by atoms with Crippen molar-refractivity contribution in [2.45, 2.75) is 18.2 Å². The van der Waals surface area contributed by atoms with Gasteiger partial charge in [0, 0.05) is 22.1 Å². The lowest BCUT2D eigenvalue weighted by molar-refractivity contribution is -0.119. The zero-order chi connectivity index (χ0) is 19.5. The summed E-state index contributed by atoms with van der Waals surface area (Å²) in [6.45, 7) is 1.91. The fraction of sp³-hybridized carbons (Fsp3) is 0.150. The molecule has 8 heteroatoms. The van der Waals surface area contributed by atoms with E-state index in [-0.39, 0.29) is 17.7 Å². The highest BCUT2D eigenvalue weighted by atomic mass is 35.5. The van der Waals surface area contributed by atoms with Gasteiger partial charge in [0.1, 0.15) is 0 Å². The van der Waals surface area contributed by atoms with Gasteiger partial charge >= 0.3 is 0 Å². The van der Waals surface area contributed by atoms with Crippen LogP contribution in [0.1, 0.15) is 18.5 Å². The summed E-state index contributed by atoms with van der Waals surface area (Å²) in [6, 6.07) is 15.2. The molecule has 0 saturated carbocycles. The third-order valence-electron chi connectivity index (χ3n) is 4.28. The number of amides is 1. The van der Waals surface area contributed by atoms with Crippen LogP contribution in [-0.4, -0.2) is 26.8 Å². The number of hydrogen-bond donors (Lipinski definition) is 2. The molecule has 2 aromatic heterocycles. The summed E-state index contributed by atoms with van der Waals surface area (Å²) in [6.07, 6.45) is 1.84. The first kappa shape index (κ1) is 18.6. The molecule has 0 aliphatic rings. The highest BCUT2D eigenvalue weighted by Gasteiger charge is 2.15. The SMILES string of the molecule is CC(NC(=O)CSc1nnc(-c2c[nH]c3ccccc23)o1)c1cccc(Cl)c1. The van der Waals surface area contributed by atoms with E-state index in [0.717, 1.165) is 22.0 Å². The average molecular weight is 413 g/mol. The molecule has 2 heterocycles. The molecule has 1 unspecified atom stereocenters. The van der Waals surface area contributed by atoms with Crippen molar-refractivity contribution in [3.8, 4) is 11.5 Å². The summed E-state index contributed by atoms with van der Waals surface area (Å²) < 4.78 is 5.72. The number of rotatable bonds is 6.